The zero-order chi connectivity index (χ0) is 26.7. The van der Waals surface area contributed by atoms with Crippen molar-refractivity contribution in [3.63, 3.8) is 0 Å². The zero-order valence-electron chi connectivity index (χ0n) is 24.3. The quantitative estimate of drug-likeness (QED) is 0.236. The van der Waals surface area contributed by atoms with Crippen LogP contribution in [-0.2, 0) is 6.42 Å². The molecule has 1 N–H and O–H groups in total. The molecule has 2 rings (SSSR count). The average molecular weight is 498 g/mol. The van der Waals surface area contributed by atoms with Crippen molar-refractivity contribution in [1.82, 2.24) is 4.98 Å². The summed E-state index contributed by atoms with van der Waals surface area (Å²) >= 11 is 0. The molecule has 36 heavy (non-hydrogen) atoms. The molecule has 202 valence electrons. The van der Waals surface area contributed by atoms with Crippen molar-refractivity contribution < 1.29 is 9.47 Å². The number of hydrogen-bond donors (Lipinski definition) is 1. The maximum Gasteiger partial charge on any atom is 0.193 e. The fraction of sp³-hybridized carbons (Fsp3) is 0.656. The van der Waals surface area contributed by atoms with Crippen LogP contribution in [0.15, 0.2) is 28.6 Å². The minimum absolute atomic E-state index is 0.0679. The number of H-pyrrole nitrogens is 1. The maximum atomic E-state index is 13.2. The molecule has 2 unspecified atom stereocenters. The number of ether oxygens (including phenoxy) is 2. The normalized spacial score (nSPS) is 13.9. The lowest BCUT2D eigenvalue weighted by Crippen LogP contribution is -2.13. The number of pyridine rings is 1. The van der Waals surface area contributed by atoms with Crippen LogP contribution in [0.25, 0.3) is 10.9 Å². The molecule has 0 saturated carbocycles. The summed E-state index contributed by atoms with van der Waals surface area (Å²) in [5, 5.41) is 0.641. The number of aryl methyl sites for hydroxylation is 1. The van der Waals surface area contributed by atoms with E-state index in [1.807, 2.05) is 13.0 Å². The third-order valence-corrected chi connectivity index (χ3v) is 7.61. The lowest BCUT2D eigenvalue weighted by molar-refractivity contribution is 0.355. The number of fused-ring (bicyclic) bond motifs is 1. The minimum Gasteiger partial charge on any atom is -0.493 e. The Labute approximate surface area is 219 Å². The van der Waals surface area contributed by atoms with Crippen LogP contribution in [0.2, 0.25) is 0 Å². The molecule has 0 fully saturated rings. The minimum atomic E-state index is 0.0679. The van der Waals surface area contributed by atoms with E-state index in [1.54, 1.807) is 20.3 Å². The number of hydrogen-bond acceptors (Lipinski definition) is 3. The van der Waals surface area contributed by atoms with Gasteiger partial charge in [-0.05, 0) is 56.9 Å². The van der Waals surface area contributed by atoms with Gasteiger partial charge in [-0.25, -0.2) is 0 Å². The molecule has 0 saturated heterocycles. The summed E-state index contributed by atoms with van der Waals surface area (Å²) in [5.74, 6) is 3.69. The molecule has 0 radical (unpaired) electrons. The van der Waals surface area contributed by atoms with Crippen molar-refractivity contribution in [3.8, 4) is 11.5 Å². The van der Waals surface area contributed by atoms with Gasteiger partial charge in [0.25, 0.3) is 0 Å². The number of aromatic nitrogens is 1. The van der Waals surface area contributed by atoms with Crippen molar-refractivity contribution >= 4 is 10.9 Å². The van der Waals surface area contributed by atoms with Crippen LogP contribution in [0, 0.1) is 24.7 Å². The predicted octanol–water partition coefficient (Wildman–Crippen LogP) is 8.78. The Bertz CT molecular complexity index is 1030. The standard InChI is InChI=1S/C32H51NO3/c1-22(2)12-9-13-23(3)14-10-15-24(4)16-11-17-25(5)18-19-27-26(6)33-29-21-31(36-8)30(35-7)20-28(29)32(27)34/h18,20-24H,9-17,19H2,1-8H3,(H,33,34)/b25-18+. The first-order valence-electron chi connectivity index (χ1n) is 14.1. The Balaban J connectivity index is 1.83. The molecule has 0 aliphatic heterocycles. The van der Waals surface area contributed by atoms with Gasteiger partial charge in [-0.1, -0.05) is 84.3 Å². The van der Waals surface area contributed by atoms with Gasteiger partial charge >= 0.3 is 0 Å². The molecule has 2 aromatic rings. The van der Waals surface area contributed by atoms with Crippen LogP contribution in [0.3, 0.4) is 0 Å². The predicted molar refractivity (Wildman–Crippen MR) is 155 cm³/mol. The van der Waals surface area contributed by atoms with Crippen LogP contribution in [0.1, 0.15) is 104 Å². The summed E-state index contributed by atoms with van der Waals surface area (Å²) in [5.41, 5.74) is 3.95. The Morgan fingerprint density at radius 2 is 1.44 bits per heavy atom. The van der Waals surface area contributed by atoms with Crippen LogP contribution >= 0.6 is 0 Å². The van der Waals surface area contributed by atoms with E-state index in [0.29, 0.717) is 23.3 Å². The van der Waals surface area contributed by atoms with Crippen molar-refractivity contribution in [2.75, 3.05) is 14.2 Å². The monoisotopic (exact) mass is 497 g/mol. The van der Waals surface area contributed by atoms with E-state index in [9.17, 15) is 4.79 Å². The molecule has 0 aliphatic carbocycles. The fourth-order valence-electron chi connectivity index (χ4n) is 5.11. The van der Waals surface area contributed by atoms with E-state index in [2.05, 4.69) is 45.7 Å². The highest BCUT2D eigenvalue weighted by Crippen LogP contribution is 2.30. The second kappa shape index (κ2) is 15.1. The second-order valence-corrected chi connectivity index (χ2v) is 11.4. The highest BCUT2D eigenvalue weighted by atomic mass is 16.5. The Kier molecular flexibility index (Phi) is 12.6. The van der Waals surface area contributed by atoms with E-state index in [0.717, 1.165) is 40.9 Å². The third kappa shape index (κ3) is 9.33. The van der Waals surface area contributed by atoms with Gasteiger partial charge in [0.15, 0.2) is 16.9 Å². The summed E-state index contributed by atoms with van der Waals surface area (Å²) in [7, 11) is 3.20. The van der Waals surface area contributed by atoms with Crippen LogP contribution in [0.4, 0.5) is 0 Å². The Hall–Kier alpha value is -2.23. The number of aromatic amines is 1. The topological polar surface area (TPSA) is 51.3 Å². The van der Waals surface area contributed by atoms with Gasteiger partial charge in [-0.3, -0.25) is 4.79 Å². The molecule has 0 spiro atoms. The zero-order valence-corrected chi connectivity index (χ0v) is 24.3. The summed E-state index contributed by atoms with van der Waals surface area (Å²) in [6.07, 6.45) is 14.7. The molecule has 0 aliphatic rings. The number of benzene rings is 1. The van der Waals surface area contributed by atoms with Crippen molar-refractivity contribution in [2.24, 2.45) is 17.8 Å². The molecular formula is C32H51NO3. The fourth-order valence-corrected chi connectivity index (χ4v) is 5.11. The molecular weight excluding hydrogens is 446 g/mol. The lowest BCUT2D eigenvalue weighted by atomic mass is 9.91. The van der Waals surface area contributed by atoms with Gasteiger partial charge in [0.05, 0.1) is 19.7 Å². The van der Waals surface area contributed by atoms with Gasteiger partial charge < -0.3 is 14.5 Å². The molecule has 1 aromatic carbocycles. The molecule has 1 aromatic heterocycles. The second-order valence-electron chi connectivity index (χ2n) is 11.4. The lowest BCUT2D eigenvalue weighted by Gasteiger charge is -2.15. The first-order chi connectivity index (χ1) is 17.2. The smallest absolute Gasteiger partial charge is 0.193 e. The van der Waals surface area contributed by atoms with E-state index in [4.69, 9.17) is 9.47 Å². The van der Waals surface area contributed by atoms with E-state index in [-0.39, 0.29) is 5.43 Å². The van der Waals surface area contributed by atoms with Crippen LogP contribution < -0.4 is 14.9 Å². The Morgan fingerprint density at radius 1 is 0.889 bits per heavy atom. The summed E-state index contributed by atoms with van der Waals surface area (Å²) in [6.45, 7) is 13.6. The molecule has 0 amide bonds. The van der Waals surface area contributed by atoms with Crippen molar-refractivity contribution in [2.45, 2.75) is 106 Å². The molecule has 4 heteroatoms. The molecule has 0 bridgehead atoms. The summed E-state index contributed by atoms with van der Waals surface area (Å²) < 4.78 is 10.8. The first-order valence-corrected chi connectivity index (χ1v) is 14.1. The van der Waals surface area contributed by atoms with E-state index < -0.39 is 0 Å². The summed E-state index contributed by atoms with van der Waals surface area (Å²) in [6, 6.07) is 3.61. The van der Waals surface area contributed by atoms with Gasteiger partial charge in [0.2, 0.25) is 0 Å². The third-order valence-electron chi connectivity index (χ3n) is 7.61. The number of allylic oxidation sites excluding steroid dienone is 2. The molecule has 1 heterocycles. The Morgan fingerprint density at radius 3 is 2.03 bits per heavy atom. The summed E-state index contributed by atoms with van der Waals surface area (Å²) in [4.78, 5) is 16.6. The van der Waals surface area contributed by atoms with E-state index >= 15 is 0 Å². The van der Waals surface area contributed by atoms with Crippen molar-refractivity contribution in [1.29, 1.82) is 0 Å². The number of methoxy groups -OCH3 is 2. The first kappa shape index (κ1) is 30.0. The van der Waals surface area contributed by atoms with Gasteiger partial charge in [0.1, 0.15) is 0 Å². The highest BCUT2D eigenvalue weighted by Gasteiger charge is 2.13. The molecule has 2 atom stereocenters. The van der Waals surface area contributed by atoms with E-state index in [1.165, 1.54) is 56.9 Å². The SMILES string of the molecule is COc1cc2[nH]c(C)c(C/C=C(\C)CCCC(C)CCCC(C)CCCC(C)C)c(=O)c2cc1OC. The molecule has 4 nitrogen and oxygen atoms in total. The van der Waals surface area contributed by atoms with Crippen LogP contribution in [-0.4, -0.2) is 19.2 Å². The average Bonchev–Trinajstić information content (AvgIpc) is 2.82. The van der Waals surface area contributed by atoms with Gasteiger partial charge in [0, 0.05) is 22.7 Å². The van der Waals surface area contributed by atoms with Crippen LogP contribution in [0.5, 0.6) is 11.5 Å². The highest BCUT2D eigenvalue weighted by molar-refractivity contribution is 5.83. The van der Waals surface area contributed by atoms with Crippen molar-refractivity contribution in [3.05, 3.63) is 45.3 Å². The maximum absolute atomic E-state index is 13.2. The van der Waals surface area contributed by atoms with Gasteiger partial charge in [-0.15, -0.1) is 0 Å². The largest absolute Gasteiger partial charge is 0.493 e. The number of nitrogens with one attached hydrogen (secondary N) is 1. The van der Waals surface area contributed by atoms with Gasteiger partial charge in [-0.2, -0.15) is 0 Å². The number of rotatable bonds is 16.